The van der Waals surface area contributed by atoms with Crippen LogP contribution in [0.15, 0.2) is 201 Å². The minimum Gasteiger partial charge on any atom is -0.481 e. The van der Waals surface area contributed by atoms with Crippen LogP contribution >= 0.6 is 34.8 Å². The SMILES string of the molecule is N#Cc1ccc([C@@]23Oc4cc(Cl)cnc4[C@]2(O)[C@@H](C#N)[C@H](C(=O)O)[C@H]3c2ccccc2)cc1.N#Cc1ccc([C@@]23Oc4cc(Cl)cnc4[C@]2(O)[C@@H](C#N)[C@H](C(N)=O)[C@H]3c2ccccc2)cc1.N#Cc1ccc([C@@]23Oc4cc(Cl)cnc4[C@]2(O)[C@@H](C#N)[C@H](C(N)=O)[C@H]3c2ccccc2)cc1. The number of ether oxygens (including phenoxy) is 3. The summed E-state index contributed by atoms with van der Waals surface area (Å²) in [5, 5.41) is 107. The molecule has 0 unspecified atom stereocenters. The Morgan fingerprint density at radius 1 is 0.404 bits per heavy atom. The third kappa shape index (κ3) is 9.40. The Kier molecular flexibility index (Phi) is 16.5. The molecule has 0 bridgehead atoms. The largest absolute Gasteiger partial charge is 0.481 e. The molecule has 3 aliphatic carbocycles. The summed E-state index contributed by atoms with van der Waals surface area (Å²) < 4.78 is 19.5. The number of carboxylic acids is 1. The Hall–Kier alpha value is -11.7. The summed E-state index contributed by atoms with van der Waals surface area (Å²) >= 11 is 18.5. The average molecular weight is 1370 g/mol. The standard InChI is InChI=1S/2C25H17ClN4O3.C25H16ClN3O4/c2*26-17-10-19-22(30-13-17)24(32)18(12-28)20(23(29)31)21(15-4-2-1-3-5-15)25(24,33-19)16-8-6-14(11-27)7-9-16;26-17-10-19-22(29-13-17)24(32)18(12-28)20(23(30)31)21(15-4-2-1-3-5-15)25(24,33-19)16-8-6-14(11-27)7-9-16/h2*1-10,13,18,20-21,32H,(H2,29,31);1-10,13,18,20-21,32H,(H,30,31)/t3*18-,20-,21+,24+,25-/m000/s1. The van der Waals surface area contributed by atoms with Crippen molar-refractivity contribution in [2.75, 3.05) is 0 Å². The molecule has 24 heteroatoms. The van der Waals surface area contributed by atoms with Gasteiger partial charge in [0.25, 0.3) is 0 Å². The Labute approximate surface area is 579 Å². The molecule has 15 atom stereocenters. The van der Waals surface area contributed by atoms with Gasteiger partial charge in [-0.2, -0.15) is 31.6 Å². The van der Waals surface area contributed by atoms with Crippen LogP contribution in [-0.4, -0.2) is 53.2 Å². The van der Waals surface area contributed by atoms with Crippen molar-refractivity contribution in [1.82, 2.24) is 15.0 Å². The number of carbonyl (C=O) groups is 3. The summed E-state index contributed by atoms with van der Waals surface area (Å²) in [6, 6.07) is 63.3. The van der Waals surface area contributed by atoms with E-state index < -0.39 is 105 Å². The molecule has 3 aliphatic heterocycles. The number of amides is 2. The first-order valence-corrected chi connectivity index (χ1v) is 31.7. The van der Waals surface area contributed by atoms with Gasteiger partial charge < -0.3 is 46.1 Å². The number of nitrogens with zero attached hydrogens (tertiary/aromatic N) is 9. The van der Waals surface area contributed by atoms with E-state index in [0.29, 0.717) is 60.1 Å². The molecule has 6 aliphatic rings. The third-order valence-electron chi connectivity index (χ3n) is 20.0. The van der Waals surface area contributed by atoms with E-state index in [1.807, 2.05) is 24.3 Å². The number of nitriles is 6. The monoisotopic (exact) mass is 1370 g/mol. The Bertz CT molecular complexity index is 4550. The van der Waals surface area contributed by atoms with E-state index in [1.165, 1.54) is 36.8 Å². The molecule has 3 aromatic heterocycles. The highest BCUT2D eigenvalue weighted by Gasteiger charge is 2.81. The summed E-state index contributed by atoms with van der Waals surface area (Å²) in [5.74, 6) is -12.0. The second-order valence-electron chi connectivity index (χ2n) is 24.6. The van der Waals surface area contributed by atoms with Crippen LogP contribution in [0.4, 0.5) is 0 Å². The number of halogens is 3. The van der Waals surface area contributed by atoms with Crippen LogP contribution < -0.4 is 25.7 Å². The van der Waals surface area contributed by atoms with Crippen molar-refractivity contribution in [2.45, 2.75) is 51.4 Å². The number of aliphatic hydroxyl groups is 3. The molecule has 486 valence electrons. The van der Waals surface area contributed by atoms with Crippen LogP contribution in [0.2, 0.25) is 15.1 Å². The van der Waals surface area contributed by atoms with Gasteiger partial charge in [0.2, 0.25) is 11.8 Å². The molecule has 3 saturated carbocycles. The van der Waals surface area contributed by atoms with Gasteiger partial charge in [-0.1, -0.05) is 162 Å². The lowest BCUT2D eigenvalue weighted by molar-refractivity contribution is -0.144. The maximum atomic E-state index is 12.8. The highest BCUT2D eigenvalue weighted by Crippen LogP contribution is 2.73. The van der Waals surface area contributed by atoms with E-state index in [2.05, 4.69) is 39.2 Å². The molecule has 21 nitrogen and oxygen atoms in total. The number of aromatic nitrogens is 3. The molecule has 6 heterocycles. The van der Waals surface area contributed by atoms with Gasteiger partial charge in [-0.3, -0.25) is 29.3 Å². The van der Waals surface area contributed by atoms with Crippen LogP contribution in [0.3, 0.4) is 0 Å². The molecule has 2 amide bonds. The first-order chi connectivity index (χ1) is 47.6. The first-order valence-electron chi connectivity index (χ1n) is 30.5. The lowest BCUT2D eigenvalue weighted by atomic mass is 9.71. The van der Waals surface area contributed by atoms with Gasteiger partial charge in [0.1, 0.15) is 34.3 Å². The number of hydrogen-bond donors (Lipinski definition) is 6. The highest BCUT2D eigenvalue weighted by molar-refractivity contribution is 6.31. The maximum Gasteiger partial charge on any atom is 0.308 e. The topological polar surface area (TPSA) is 393 Å². The number of nitrogens with two attached hydrogens (primary N) is 2. The molecule has 0 saturated heterocycles. The summed E-state index contributed by atoms with van der Waals surface area (Å²) in [7, 11) is 0. The molecule has 0 spiro atoms. The molecule has 99 heavy (non-hydrogen) atoms. The number of aliphatic carboxylic acids is 1. The fourth-order valence-electron chi connectivity index (χ4n) is 16.3. The predicted molar refractivity (Wildman–Crippen MR) is 351 cm³/mol. The van der Waals surface area contributed by atoms with Crippen LogP contribution in [0, 0.1) is 103 Å². The number of primary amides is 2. The smallest absolute Gasteiger partial charge is 0.308 e. The van der Waals surface area contributed by atoms with Crippen molar-refractivity contribution >= 4 is 52.6 Å². The van der Waals surface area contributed by atoms with E-state index in [-0.39, 0.29) is 39.4 Å². The minimum atomic E-state index is -2.10. The van der Waals surface area contributed by atoms with Gasteiger partial charge >= 0.3 is 5.97 Å². The third-order valence-corrected chi connectivity index (χ3v) is 20.7. The van der Waals surface area contributed by atoms with Gasteiger partial charge in [0, 0.05) is 54.5 Å². The van der Waals surface area contributed by atoms with Gasteiger partial charge in [-0.25, -0.2) is 0 Å². The number of hydrogen-bond acceptors (Lipinski definition) is 18. The zero-order chi connectivity index (χ0) is 70.1. The van der Waals surface area contributed by atoms with Gasteiger partial charge in [-0.15, -0.1) is 0 Å². The molecular weight excluding hydrogens is 1320 g/mol. The zero-order valence-corrected chi connectivity index (χ0v) is 53.6. The number of carbonyl (C=O) groups excluding carboxylic acids is 2. The summed E-state index contributed by atoms with van der Waals surface area (Å²) in [6.45, 7) is 0. The Morgan fingerprint density at radius 2 is 0.657 bits per heavy atom. The van der Waals surface area contributed by atoms with Crippen molar-refractivity contribution in [3.8, 4) is 53.7 Å². The predicted octanol–water partition coefficient (Wildman–Crippen LogP) is 9.96. The van der Waals surface area contributed by atoms with Crippen LogP contribution in [0.25, 0.3) is 0 Å². The van der Waals surface area contributed by atoms with Gasteiger partial charge in [0.15, 0.2) is 33.6 Å². The molecule has 9 aromatic rings. The lowest BCUT2D eigenvalue weighted by Gasteiger charge is -2.40. The van der Waals surface area contributed by atoms with E-state index in [4.69, 9.17) is 60.5 Å². The lowest BCUT2D eigenvalue weighted by Crippen LogP contribution is -2.50. The summed E-state index contributed by atoms with van der Waals surface area (Å²) in [5.41, 5.74) is 5.41. The van der Waals surface area contributed by atoms with Crippen LogP contribution in [0.5, 0.6) is 17.2 Å². The quantitative estimate of drug-likeness (QED) is 0.0782. The molecule has 0 radical (unpaired) electrons. The number of pyridine rings is 3. The molecular formula is C75H50Cl3N11O10. The average Bonchev–Trinajstić information content (AvgIpc) is 1.51. The van der Waals surface area contributed by atoms with E-state index in [1.54, 1.807) is 152 Å². The molecule has 3 fully saturated rings. The van der Waals surface area contributed by atoms with Gasteiger partial charge in [0.05, 0.1) is 104 Å². The second-order valence-corrected chi connectivity index (χ2v) is 25.9. The maximum absolute atomic E-state index is 12.8. The Morgan fingerprint density at radius 3 is 0.889 bits per heavy atom. The van der Waals surface area contributed by atoms with E-state index >= 15 is 0 Å². The van der Waals surface area contributed by atoms with Crippen molar-refractivity contribution in [3.05, 3.63) is 283 Å². The zero-order valence-electron chi connectivity index (χ0n) is 51.3. The molecule has 15 rings (SSSR count). The highest BCUT2D eigenvalue weighted by atomic mass is 35.5. The summed E-state index contributed by atoms with van der Waals surface area (Å²) in [4.78, 5) is 51.1. The van der Waals surface area contributed by atoms with E-state index in [0.717, 1.165) is 0 Å². The van der Waals surface area contributed by atoms with E-state index in [9.17, 15) is 66.4 Å². The van der Waals surface area contributed by atoms with Gasteiger partial charge in [-0.05, 0) is 69.8 Å². The normalized spacial score (nSPS) is 29.3. The fourth-order valence-corrected chi connectivity index (χ4v) is 16.8. The van der Waals surface area contributed by atoms with Crippen molar-refractivity contribution in [3.63, 3.8) is 0 Å². The number of rotatable bonds is 9. The molecule has 6 aromatic carbocycles. The number of carboxylic acid groups (broad SMARTS) is 1. The second kappa shape index (κ2) is 24.7. The number of benzene rings is 6. The Balaban J connectivity index is 0.000000133. The minimum absolute atomic E-state index is 0.0625. The van der Waals surface area contributed by atoms with Crippen LogP contribution in [0.1, 0.15) is 84.9 Å². The fraction of sp³-hybridized carbons (Fsp3) is 0.200. The number of fused-ring (bicyclic) bond motifs is 9. The summed E-state index contributed by atoms with van der Waals surface area (Å²) in [6.07, 6.45) is 4.05. The first kappa shape index (κ1) is 65.9. The van der Waals surface area contributed by atoms with Crippen molar-refractivity contribution < 1.29 is 49.0 Å². The molecule has 8 N–H and O–H groups in total. The van der Waals surface area contributed by atoms with Crippen LogP contribution in [-0.2, 0) is 48.0 Å². The van der Waals surface area contributed by atoms with Crippen molar-refractivity contribution in [2.24, 2.45) is 47.0 Å². The van der Waals surface area contributed by atoms with Crippen molar-refractivity contribution in [1.29, 1.82) is 31.6 Å².